The molecule has 10 heteroatoms. The van der Waals surface area contributed by atoms with Gasteiger partial charge in [-0.1, -0.05) is 0 Å². The van der Waals surface area contributed by atoms with Crippen molar-refractivity contribution in [3.63, 3.8) is 0 Å². The van der Waals surface area contributed by atoms with Gasteiger partial charge in [0.25, 0.3) is 11.6 Å². The summed E-state index contributed by atoms with van der Waals surface area (Å²) in [5, 5.41) is 19.8. The molecule has 1 aliphatic rings. The third-order valence-electron chi connectivity index (χ3n) is 3.31. The monoisotopic (exact) mass is 316 g/mol. The smallest absolute Gasteiger partial charge is 0.269 e. The molecule has 1 aromatic heterocycles. The lowest BCUT2D eigenvalue weighted by Gasteiger charge is -2.09. The molecule has 118 valence electrons. The first kappa shape index (κ1) is 14.6. The van der Waals surface area contributed by atoms with Crippen molar-refractivity contribution in [2.45, 2.75) is 19.4 Å². The number of carbonyl (C=O) groups excluding carboxylic acids is 2. The van der Waals surface area contributed by atoms with Crippen molar-refractivity contribution in [2.75, 3.05) is 10.6 Å². The number of nitro groups is 1. The number of hydrogen-bond acceptors (Lipinski definition) is 6. The zero-order chi connectivity index (χ0) is 16.6. The minimum Gasteiger partial charge on any atom is -0.326 e. The van der Waals surface area contributed by atoms with Crippen LogP contribution in [-0.4, -0.2) is 31.5 Å². The molecular weight excluding hydrogens is 304 g/mol. The van der Waals surface area contributed by atoms with Gasteiger partial charge in [-0.25, -0.2) is 4.68 Å². The fraction of sp³-hybridized carbons (Fsp3) is 0.231. The highest BCUT2D eigenvalue weighted by Gasteiger charge is 2.34. The van der Waals surface area contributed by atoms with Gasteiger partial charge in [0.05, 0.1) is 11.3 Å². The van der Waals surface area contributed by atoms with E-state index in [4.69, 9.17) is 0 Å². The number of carbonyl (C=O) groups is 2. The number of non-ortho nitro benzene ring substituents is 1. The van der Waals surface area contributed by atoms with Gasteiger partial charge < -0.3 is 5.32 Å². The first-order chi connectivity index (χ1) is 10.9. The van der Waals surface area contributed by atoms with E-state index >= 15 is 0 Å². The quantitative estimate of drug-likeness (QED) is 0.639. The molecule has 1 unspecified atom stereocenters. The largest absolute Gasteiger partial charge is 0.326 e. The van der Waals surface area contributed by atoms with E-state index in [1.807, 2.05) is 0 Å². The fourth-order valence-corrected chi connectivity index (χ4v) is 2.27. The van der Waals surface area contributed by atoms with E-state index in [1.54, 1.807) is 6.92 Å². The third-order valence-corrected chi connectivity index (χ3v) is 3.31. The molecular formula is C13H12N6O4. The Kier molecular flexibility index (Phi) is 3.48. The summed E-state index contributed by atoms with van der Waals surface area (Å²) in [6.45, 7) is 1.69. The van der Waals surface area contributed by atoms with E-state index in [9.17, 15) is 19.7 Å². The Morgan fingerprint density at radius 2 is 2.13 bits per heavy atom. The molecule has 2 N–H and O–H groups in total. The average Bonchev–Trinajstić information content (AvgIpc) is 2.97. The SMILES string of the molecule is Cc1nc2n(n1)C(CC(=O)Nc1ccc([N+](=O)[O-])cc1)C(=O)N2. The van der Waals surface area contributed by atoms with Crippen LogP contribution in [0.2, 0.25) is 0 Å². The lowest BCUT2D eigenvalue weighted by molar-refractivity contribution is -0.384. The summed E-state index contributed by atoms with van der Waals surface area (Å²) in [5.41, 5.74) is 0.343. The maximum Gasteiger partial charge on any atom is 0.269 e. The Labute approximate surface area is 129 Å². The first-order valence-corrected chi connectivity index (χ1v) is 6.72. The Balaban J connectivity index is 1.67. The van der Waals surface area contributed by atoms with Crippen LogP contribution in [0.4, 0.5) is 17.3 Å². The van der Waals surface area contributed by atoms with Crippen LogP contribution < -0.4 is 10.6 Å². The summed E-state index contributed by atoms with van der Waals surface area (Å²) in [6, 6.07) is 4.67. The van der Waals surface area contributed by atoms with Crippen LogP contribution in [-0.2, 0) is 9.59 Å². The highest BCUT2D eigenvalue weighted by molar-refractivity contribution is 6.00. The second-order valence-corrected chi connectivity index (χ2v) is 4.99. The van der Waals surface area contributed by atoms with Gasteiger partial charge in [-0.2, -0.15) is 10.1 Å². The zero-order valence-electron chi connectivity index (χ0n) is 12.0. The molecule has 2 amide bonds. The zero-order valence-corrected chi connectivity index (χ0v) is 12.0. The number of benzene rings is 1. The minimum absolute atomic E-state index is 0.0686. The molecule has 0 fully saturated rings. The van der Waals surface area contributed by atoms with Gasteiger partial charge in [0.1, 0.15) is 11.9 Å². The van der Waals surface area contributed by atoms with Gasteiger partial charge in [-0.3, -0.25) is 25.0 Å². The van der Waals surface area contributed by atoms with Crippen LogP contribution in [0.5, 0.6) is 0 Å². The van der Waals surface area contributed by atoms with Crippen LogP contribution in [0.3, 0.4) is 0 Å². The summed E-state index contributed by atoms with van der Waals surface area (Å²) in [6.07, 6.45) is -0.112. The van der Waals surface area contributed by atoms with Crippen LogP contribution in [0.1, 0.15) is 18.3 Å². The Morgan fingerprint density at radius 1 is 1.43 bits per heavy atom. The van der Waals surface area contributed by atoms with Crippen molar-refractivity contribution in [2.24, 2.45) is 0 Å². The number of aryl methyl sites for hydroxylation is 1. The molecule has 0 saturated carbocycles. The molecule has 1 atom stereocenters. The molecule has 0 bridgehead atoms. The maximum atomic E-state index is 12.1. The Morgan fingerprint density at radius 3 is 2.78 bits per heavy atom. The predicted octanol–water partition coefficient (Wildman–Crippen LogP) is 1.02. The van der Waals surface area contributed by atoms with Crippen molar-refractivity contribution in [3.05, 3.63) is 40.2 Å². The van der Waals surface area contributed by atoms with Gasteiger partial charge in [0, 0.05) is 17.8 Å². The van der Waals surface area contributed by atoms with E-state index in [1.165, 1.54) is 28.9 Å². The molecule has 2 aromatic rings. The Bertz CT molecular complexity index is 797. The molecule has 2 heterocycles. The van der Waals surface area contributed by atoms with Crippen LogP contribution >= 0.6 is 0 Å². The summed E-state index contributed by atoms with van der Waals surface area (Å²) in [4.78, 5) is 38.0. The second-order valence-electron chi connectivity index (χ2n) is 4.99. The number of fused-ring (bicyclic) bond motifs is 1. The molecule has 0 spiro atoms. The summed E-state index contributed by atoms with van der Waals surface area (Å²) >= 11 is 0. The lowest BCUT2D eigenvalue weighted by Crippen LogP contribution is -2.23. The van der Waals surface area contributed by atoms with Gasteiger partial charge in [0.2, 0.25) is 11.9 Å². The first-order valence-electron chi connectivity index (χ1n) is 6.72. The number of nitrogens with one attached hydrogen (secondary N) is 2. The summed E-state index contributed by atoms with van der Waals surface area (Å²) < 4.78 is 1.38. The van der Waals surface area contributed by atoms with Crippen molar-refractivity contribution < 1.29 is 14.5 Å². The second kappa shape index (κ2) is 5.48. The van der Waals surface area contributed by atoms with Gasteiger partial charge in [0.15, 0.2) is 0 Å². The standard InChI is InChI=1S/C13H12N6O4/c1-7-14-13-16-12(21)10(18(13)17-7)6-11(20)15-8-2-4-9(5-3-8)19(22)23/h2-5,10H,6H2,1H3,(H,15,20)(H,14,16,17,21). The molecule has 0 aliphatic carbocycles. The number of hydrogen-bond donors (Lipinski definition) is 2. The molecule has 23 heavy (non-hydrogen) atoms. The van der Waals surface area contributed by atoms with Crippen molar-refractivity contribution >= 4 is 29.1 Å². The average molecular weight is 316 g/mol. The summed E-state index contributed by atoms with van der Waals surface area (Å²) in [7, 11) is 0. The number of aromatic nitrogens is 3. The normalized spacial score (nSPS) is 15.9. The van der Waals surface area contributed by atoms with Gasteiger partial charge >= 0.3 is 0 Å². The minimum atomic E-state index is -0.760. The van der Waals surface area contributed by atoms with E-state index in [2.05, 4.69) is 20.7 Å². The van der Waals surface area contributed by atoms with Gasteiger partial charge in [-0.15, -0.1) is 0 Å². The molecule has 0 radical (unpaired) electrons. The molecule has 10 nitrogen and oxygen atoms in total. The van der Waals surface area contributed by atoms with E-state index in [0.29, 0.717) is 17.5 Å². The van der Waals surface area contributed by atoms with Crippen molar-refractivity contribution in [1.82, 2.24) is 14.8 Å². The number of rotatable bonds is 4. The molecule has 3 rings (SSSR count). The number of nitro benzene ring substituents is 1. The highest BCUT2D eigenvalue weighted by Crippen LogP contribution is 2.25. The van der Waals surface area contributed by atoms with Crippen molar-refractivity contribution in [3.8, 4) is 0 Å². The van der Waals surface area contributed by atoms with E-state index in [0.717, 1.165) is 0 Å². The highest BCUT2D eigenvalue weighted by atomic mass is 16.6. The maximum absolute atomic E-state index is 12.1. The van der Waals surface area contributed by atoms with E-state index < -0.39 is 16.9 Å². The summed E-state index contributed by atoms with van der Waals surface area (Å²) in [5.74, 6) is 0.0697. The molecule has 0 saturated heterocycles. The van der Waals surface area contributed by atoms with Crippen LogP contribution in [0, 0.1) is 17.0 Å². The predicted molar refractivity (Wildman–Crippen MR) is 78.8 cm³/mol. The van der Waals surface area contributed by atoms with Crippen LogP contribution in [0.15, 0.2) is 24.3 Å². The number of nitrogens with zero attached hydrogens (tertiary/aromatic N) is 4. The molecule has 1 aliphatic heterocycles. The fourth-order valence-electron chi connectivity index (χ4n) is 2.27. The number of amides is 2. The lowest BCUT2D eigenvalue weighted by atomic mass is 10.2. The Hall–Kier alpha value is -3.30. The van der Waals surface area contributed by atoms with Crippen LogP contribution in [0.25, 0.3) is 0 Å². The third kappa shape index (κ3) is 2.86. The van der Waals surface area contributed by atoms with E-state index in [-0.39, 0.29) is 18.0 Å². The topological polar surface area (TPSA) is 132 Å². The van der Waals surface area contributed by atoms with Crippen molar-refractivity contribution in [1.29, 1.82) is 0 Å². The molecule has 1 aromatic carbocycles. The van der Waals surface area contributed by atoms with Gasteiger partial charge in [-0.05, 0) is 19.1 Å². The number of anilines is 2.